The fourth-order valence-corrected chi connectivity index (χ4v) is 4.19. The number of aromatic carboxylic acids is 1. The lowest BCUT2D eigenvalue weighted by Crippen LogP contribution is -2.38. The quantitative estimate of drug-likeness (QED) is 0.571. The highest BCUT2D eigenvalue weighted by Gasteiger charge is 2.22. The summed E-state index contributed by atoms with van der Waals surface area (Å²) in [6.07, 6.45) is 3.84. The molecule has 0 saturated carbocycles. The molecule has 32 heavy (non-hydrogen) atoms. The van der Waals surface area contributed by atoms with Gasteiger partial charge in [0.25, 0.3) is 5.89 Å². The van der Waals surface area contributed by atoms with E-state index in [0.717, 1.165) is 23.4 Å². The van der Waals surface area contributed by atoms with Gasteiger partial charge in [0.1, 0.15) is 5.82 Å². The van der Waals surface area contributed by atoms with Crippen LogP contribution < -0.4 is 4.90 Å². The van der Waals surface area contributed by atoms with E-state index < -0.39 is 11.8 Å². The van der Waals surface area contributed by atoms with E-state index in [1.54, 1.807) is 13.2 Å². The maximum absolute atomic E-state index is 13.9. The highest BCUT2D eigenvalue weighted by molar-refractivity contribution is 5.87. The van der Waals surface area contributed by atoms with Crippen LogP contribution in [0.1, 0.15) is 53.5 Å². The molecule has 1 unspecified atom stereocenters. The van der Waals surface area contributed by atoms with Crippen molar-refractivity contribution in [3.05, 3.63) is 64.7 Å². The lowest BCUT2D eigenvalue weighted by Gasteiger charge is -2.36. The van der Waals surface area contributed by atoms with E-state index in [2.05, 4.69) is 28.0 Å². The van der Waals surface area contributed by atoms with Gasteiger partial charge in [0.2, 0.25) is 0 Å². The predicted octanol–water partition coefficient (Wildman–Crippen LogP) is 4.69. The Balaban J connectivity index is 1.56. The summed E-state index contributed by atoms with van der Waals surface area (Å²) in [4.78, 5) is 17.9. The van der Waals surface area contributed by atoms with Gasteiger partial charge in [0.05, 0.1) is 12.2 Å². The molecule has 1 aliphatic rings. The summed E-state index contributed by atoms with van der Waals surface area (Å²) >= 11 is 0. The van der Waals surface area contributed by atoms with E-state index in [1.807, 2.05) is 12.1 Å². The van der Waals surface area contributed by atoms with Crippen LogP contribution in [0.15, 0.2) is 40.9 Å². The first kappa shape index (κ1) is 22.0. The first-order valence-electron chi connectivity index (χ1n) is 10.7. The summed E-state index contributed by atoms with van der Waals surface area (Å²) in [7, 11) is 1.68. The largest absolute Gasteiger partial charge is 0.478 e. The lowest BCUT2D eigenvalue weighted by atomic mass is 10.00. The van der Waals surface area contributed by atoms with Gasteiger partial charge >= 0.3 is 5.97 Å². The van der Waals surface area contributed by atoms with Gasteiger partial charge in [-0.2, -0.15) is 4.98 Å². The predicted molar refractivity (Wildman–Crippen MR) is 117 cm³/mol. The molecule has 2 heterocycles. The van der Waals surface area contributed by atoms with Crippen molar-refractivity contribution in [3.8, 4) is 11.5 Å². The Morgan fingerprint density at radius 3 is 2.84 bits per heavy atom. The summed E-state index contributed by atoms with van der Waals surface area (Å²) in [6.45, 7) is 3.75. The van der Waals surface area contributed by atoms with Crippen LogP contribution >= 0.6 is 0 Å². The molecule has 1 aliphatic heterocycles. The summed E-state index contributed by atoms with van der Waals surface area (Å²) in [6, 6.07) is 10.5. The number of benzene rings is 2. The van der Waals surface area contributed by atoms with Crippen LogP contribution in [0.2, 0.25) is 0 Å². The number of aromatic nitrogens is 2. The maximum Gasteiger partial charge on any atom is 0.338 e. The molecule has 1 fully saturated rings. The molecule has 7 nitrogen and oxygen atoms in total. The second kappa shape index (κ2) is 9.48. The first-order chi connectivity index (χ1) is 15.5. The van der Waals surface area contributed by atoms with Crippen molar-refractivity contribution in [2.24, 2.45) is 0 Å². The topological polar surface area (TPSA) is 88.7 Å². The molecule has 1 N–H and O–H groups in total. The van der Waals surface area contributed by atoms with Crippen molar-refractivity contribution >= 4 is 11.7 Å². The highest BCUT2D eigenvalue weighted by atomic mass is 19.1. The summed E-state index contributed by atoms with van der Waals surface area (Å²) in [5, 5.41) is 13.0. The molecule has 0 aliphatic carbocycles. The molecule has 1 saturated heterocycles. The number of methoxy groups -OCH3 is 1. The molecule has 0 radical (unpaired) electrons. The van der Waals surface area contributed by atoms with Gasteiger partial charge in [-0.1, -0.05) is 11.2 Å². The molecule has 2 aromatic carbocycles. The minimum Gasteiger partial charge on any atom is -0.478 e. The fourth-order valence-electron chi connectivity index (χ4n) is 4.19. The Morgan fingerprint density at radius 2 is 2.12 bits per heavy atom. The van der Waals surface area contributed by atoms with Gasteiger partial charge in [-0.15, -0.1) is 0 Å². The Labute approximate surface area is 185 Å². The van der Waals surface area contributed by atoms with Crippen LogP contribution in [0, 0.1) is 5.82 Å². The second-order valence-corrected chi connectivity index (χ2v) is 8.13. The molecule has 0 spiro atoms. The van der Waals surface area contributed by atoms with Gasteiger partial charge in [-0.3, -0.25) is 0 Å². The number of carboxylic acid groups (broad SMARTS) is 1. The van der Waals surface area contributed by atoms with Crippen LogP contribution in [0.4, 0.5) is 10.1 Å². The number of nitrogens with zero attached hydrogens (tertiary/aromatic N) is 3. The van der Waals surface area contributed by atoms with Gasteiger partial charge in [0.15, 0.2) is 5.82 Å². The number of piperidine rings is 1. The van der Waals surface area contributed by atoms with Crippen molar-refractivity contribution in [1.29, 1.82) is 0 Å². The van der Waals surface area contributed by atoms with E-state index in [1.165, 1.54) is 31.4 Å². The number of hydrogen-bond acceptors (Lipinski definition) is 6. The van der Waals surface area contributed by atoms with Gasteiger partial charge in [-0.05, 0) is 62.1 Å². The van der Waals surface area contributed by atoms with Gasteiger partial charge in [-0.25, -0.2) is 9.18 Å². The zero-order valence-corrected chi connectivity index (χ0v) is 18.2. The molecule has 3 aromatic rings. The monoisotopic (exact) mass is 439 g/mol. The van der Waals surface area contributed by atoms with Crippen LogP contribution in [0.3, 0.4) is 0 Å². The van der Waals surface area contributed by atoms with E-state index in [4.69, 9.17) is 14.4 Å². The standard InChI is InChI=1S/C24H26FN3O4/c1-15-5-3-4-10-28(15)21-9-7-17(13-18(21)14-31-2)23-26-22(27-32-23)12-16-6-8-19(24(29)30)20(25)11-16/h6-9,11,13,15H,3-5,10,12,14H2,1-2H3,(H,29,30). The second-order valence-electron chi connectivity index (χ2n) is 8.13. The maximum atomic E-state index is 13.9. The summed E-state index contributed by atoms with van der Waals surface area (Å²) < 4.78 is 24.8. The van der Waals surface area contributed by atoms with Crippen LogP contribution in [-0.2, 0) is 17.8 Å². The summed E-state index contributed by atoms with van der Waals surface area (Å²) in [5.74, 6) is -1.32. The van der Waals surface area contributed by atoms with Crippen LogP contribution in [-0.4, -0.2) is 40.9 Å². The third-order valence-electron chi connectivity index (χ3n) is 5.83. The Hall–Kier alpha value is -3.26. The zero-order chi connectivity index (χ0) is 22.7. The van der Waals surface area contributed by atoms with Crippen molar-refractivity contribution in [2.45, 2.75) is 45.3 Å². The molecule has 1 aromatic heterocycles. The Kier molecular flexibility index (Phi) is 6.50. The molecule has 8 heteroatoms. The number of ether oxygens (including phenoxy) is 1. The van der Waals surface area contributed by atoms with Crippen molar-refractivity contribution in [1.82, 2.24) is 10.1 Å². The number of anilines is 1. The number of hydrogen-bond donors (Lipinski definition) is 1. The Morgan fingerprint density at radius 1 is 1.28 bits per heavy atom. The van der Waals surface area contributed by atoms with Crippen molar-refractivity contribution in [3.63, 3.8) is 0 Å². The smallest absolute Gasteiger partial charge is 0.338 e. The van der Waals surface area contributed by atoms with Gasteiger partial charge < -0.3 is 19.3 Å². The fraction of sp³-hybridized carbons (Fsp3) is 0.375. The molecule has 1 atom stereocenters. The van der Waals surface area contributed by atoms with E-state index in [0.29, 0.717) is 29.9 Å². The third kappa shape index (κ3) is 4.65. The molecule has 168 valence electrons. The van der Waals surface area contributed by atoms with E-state index >= 15 is 0 Å². The first-order valence-corrected chi connectivity index (χ1v) is 10.7. The minimum absolute atomic E-state index is 0.231. The third-order valence-corrected chi connectivity index (χ3v) is 5.83. The van der Waals surface area contributed by atoms with Crippen LogP contribution in [0.5, 0.6) is 0 Å². The molecule has 0 bridgehead atoms. The molecule has 4 rings (SSSR count). The van der Waals surface area contributed by atoms with Gasteiger partial charge in [0, 0.05) is 42.9 Å². The Bertz CT molecular complexity index is 1110. The SMILES string of the molecule is COCc1cc(-c2nc(Cc3ccc(C(=O)O)c(F)c3)no2)ccc1N1CCCCC1C. The van der Waals surface area contributed by atoms with Crippen molar-refractivity contribution < 1.29 is 23.6 Å². The highest BCUT2D eigenvalue weighted by Crippen LogP contribution is 2.32. The lowest BCUT2D eigenvalue weighted by molar-refractivity contribution is 0.0692. The van der Waals surface area contributed by atoms with E-state index in [9.17, 15) is 9.18 Å². The summed E-state index contributed by atoms with van der Waals surface area (Å²) in [5.41, 5.74) is 3.21. The number of carboxylic acids is 1. The average molecular weight is 439 g/mol. The number of rotatable bonds is 7. The number of carbonyl (C=O) groups is 1. The minimum atomic E-state index is -1.30. The van der Waals surface area contributed by atoms with Crippen LogP contribution in [0.25, 0.3) is 11.5 Å². The zero-order valence-electron chi connectivity index (χ0n) is 18.2. The number of halogens is 1. The average Bonchev–Trinajstić information content (AvgIpc) is 3.23. The molecule has 0 amide bonds. The van der Waals surface area contributed by atoms with Crippen molar-refractivity contribution in [2.75, 3.05) is 18.6 Å². The van der Waals surface area contributed by atoms with E-state index in [-0.39, 0.29) is 12.0 Å². The normalized spacial score (nSPS) is 16.3. The molecular formula is C24H26FN3O4. The molecular weight excluding hydrogens is 413 g/mol.